The van der Waals surface area contributed by atoms with Crippen LogP contribution in [0.15, 0.2) is 42.5 Å². The number of Topliss-reactive ketones (excluding diaryl/α,β-unsaturated/α-hetero) is 1. The minimum Gasteiger partial charge on any atom is -0.496 e. The van der Waals surface area contributed by atoms with Gasteiger partial charge >= 0.3 is 0 Å². The molecule has 0 bridgehead atoms. The van der Waals surface area contributed by atoms with Crippen LogP contribution in [0.1, 0.15) is 29.8 Å². The molecule has 2 aromatic rings. The number of nitrogens with zero attached hydrogens (tertiary/aromatic N) is 2. The Hall–Kier alpha value is -2.77. The lowest BCUT2D eigenvalue weighted by atomic mass is 10.1. The number of halogens is 1. The van der Waals surface area contributed by atoms with E-state index in [4.69, 9.17) is 4.74 Å². The van der Waals surface area contributed by atoms with Gasteiger partial charge in [-0.3, -0.25) is 19.4 Å². The summed E-state index contributed by atoms with van der Waals surface area (Å²) in [6.45, 7) is 7.01. The Morgan fingerprint density at radius 3 is 2.53 bits per heavy atom. The average molecular weight is 413 g/mol. The Balaban J connectivity index is 1.54. The summed E-state index contributed by atoms with van der Waals surface area (Å²) in [5.74, 6) is 0.268. The molecule has 1 fully saturated rings. The van der Waals surface area contributed by atoms with Gasteiger partial charge in [-0.15, -0.1) is 0 Å². The number of nitrogens with one attached hydrogen (secondary N) is 1. The first-order chi connectivity index (χ1) is 14.4. The van der Waals surface area contributed by atoms with Crippen molar-refractivity contribution in [1.82, 2.24) is 9.80 Å². The number of piperazine rings is 1. The summed E-state index contributed by atoms with van der Waals surface area (Å²) >= 11 is 0. The van der Waals surface area contributed by atoms with Gasteiger partial charge in [0.25, 0.3) is 0 Å². The van der Waals surface area contributed by atoms with Gasteiger partial charge < -0.3 is 10.1 Å². The molecule has 1 aliphatic rings. The molecule has 1 N–H and O–H groups in total. The summed E-state index contributed by atoms with van der Waals surface area (Å²) in [5.41, 5.74) is 2.01. The van der Waals surface area contributed by atoms with E-state index in [-0.39, 0.29) is 23.5 Å². The number of methoxy groups -OCH3 is 1. The molecule has 0 spiro atoms. The van der Waals surface area contributed by atoms with Crippen molar-refractivity contribution in [3.05, 3.63) is 59.4 Å². The maximum Gasteiger partial charge on any atom is 0.241 e. The summed E-state index contributed by atoms with van der Waals surface area (Å²) in [4.78, 5) is 28.6. The summed E-state index contributed by atoms with van der Waals surface area (Å²) in [6.07, 6.45) is 0. The first-order valence-corrected chi connectivity index (χ1v) is 10.1. The highest BCUT2D eigenvalue weighted by Gasteiger charge is 2.26. The fraction of sp³-hybridized carbons (Fsp3) is 0.391. The number of hydrogen-bond donors (Lipinski definition) is 1. The first-order valence-electron chi connectivity index (χ1n) is 10.1. The van der Waals surface area contributed by atoms with E-state index in [2.05, 4.69) is 15.1 Å². The van der Waals surface area contributed by atoms with Crippen molar-refractivity contribution < 1.29 is 18.7 Å². The van der Waals surface area contributed by atoms with Crippen LogP contribution >= 0.6 is 0 Å². The molecule has 1 saturated heterocycles. The third kappa shape index (κ3) is 5.43. The number of benzene rings is 2. The fourth-order valence-electron chi connectivity index (χ4n) is 3.65. The van der Waals surface area contributed by atoms with Gasteiger partial charge in [0.05, 0.1) is 13.2 Å². The molecule has 0 saturated carbocycles. The van der Waals surface area contributed by atoms with Crippen LogP contribution < -0.4 is 10.1 Å². The lowest BCUT2D eigenvalue weighted by molar-refractivity contribution is -0.121. The second-order valence-corrected chi connectivity index (χ2v) is 7.57. The predicted molar refractivity (Wildman–Crippen MR) is 114 cm³/mol. The molecule has 1 aliphatic heterocycles. The second kappa shape index (κ2) is 9.82. The van der Waals surface area contributed by atoms with Crippen molar-refractivity contribution in [2.24, 2.45) is 0 Å². The van der Waals surface area contributed by atoms with Crippen molar-refractivity contribution in [2.75, 3.05) is 38.6 Å². The van der Waals surface area contributed by atoms with Crippen molar-refractivity contribution in [2.45, 2.75) is 26.4 Å². The van der Waals surface area contributed by atoms with E-state index >= 15 is 0 Å². The number of ether oxygens (including phenoxy) is 1. The van der Waals surface area contributed by atoms with Crippen LogP contribution in [0, 0.1) is 5.82 Å². The second-order valence-electron chi connectivity index (χ2n) is 7.57. The van der Waals surface area contributed by atoms with E-state index in [1.54, 1.807) is 37.4 Å². The van der Waals surface area contributed by atoms with Crippen LogP contribution in [0.4, 0.5) is 10.1 Å². The highest BCUT2D eigenvalue weighted by Crippen LogP contribution is 2.22. The van der Waals surface area contributed by atoms with E-state index in [9.17, 15) is 14.0 Å². The molecular weight excluding hydrogens is 385 g/mol. The lowest BCUT2D eigenvalue weighted by Crippen LogP contribution is -2.52. The van der Waals surface area contributed by atoms with Gasteiger partial charge in [0, 0.05) is 49.5 Å². The highest BCUT2D eigenvalue weighted by molar-refractivity contribution is 5.98. The monoisotopic (exact) mass is 413 g/mol. The van der Waals surface area contributed by atoms with Crippen molar-refractivity contribution in [3.8, 4) is 5.75 Å². The number of anilines is 1. The van der Waals surface area contributed by atoms with E-state index < -0.39 is 0 Å². The van der Waals surface area contributed by atoms with Gasteiger partial charge in [0.15, 0.2) is 5.78 Å². The Morgan fingerprint density at radius 2 is 1.87 bits per heavy atom. The highest BCUT2D eigenvalue weighted by atomic mass is 19.1. The average Bonchev–Trinajstić information content (AvgIpc) is 2.74. The van der Waals surface area contributed by atoms with Crippen molar-refractivity contribution >= 4 is 17.4 Å². The Morgan fingerprint density at radius 1 is 1.13 bits per heavy atom. The van der Waals surface area contributed by atoms with Crippen LogP contribution in [0.3, 0.4) is 0 Å². The summed E-state index contributed by atoms with van der Waals surface area (Å²) < 4.78 is 18.9. The van der Waals surface area contributed by atoms with Gasteiger partial charge in [0.1, 0.15) is 11.6 Å². The fourth-order valence-corrected chi connectivity index (χ4v) is 3.65. The molecule has 30 heavy (non-hydrogen) atoms. The molecule has 3 rings (SSSR count). The van der Waals surface area contributed by atoms with Crippen LogP contribution in [-0.4, -0.2) is 60.8 Å². The smallest absolute Gasteiger partial charge is 0.241 e. The maximum atomic E-state index is 13.6. The summed E-state index contributed by atoms with van der Waals surface area (Å²) in [5, 5.41) is 2.90. The van der Waals surface area contributed by atoms with Crippen LogP contribution in [0.25, 0.3) is 0 Å². The zero-order valence-electron chi connectivity index (χ0n) is 17.7. The van der Waals surface area contributed by atoms with Gasteiger partial charge in [-0.05, 0) is 44.2 Å². The largest absolute Gasteiger partial charge is 0.496 e. The molecular formula is C23H28FN3O3. The molecule has 6 nitrogen and oxygen atoms in total. The number of hydrogen-bond acceptors (Lipinski definition) is 5. The molecule has 0 unspecified atom stereocenters. The normalized spacial score (nSPS) is 16.1. The Bertz CT molecular complexity index is 910. The van der Waals surface area contributed by atoms with Crippen LogP contribution in [0.2, 0.25) is 0 Å². The molecule has 7 heteroatoms. The number of amides is 1. The van der Waals surface area contributed by atoms with Crippen LogP contribution in [0.5, 0.6) is 5.75 Å². The third-order valence-electron chi connectivity index (χ3n) is 5.51. The molecule has 1 amide bonds. The maximum absolute atomic E-state index is 13.6. The zero-order valence-corrected chi connectivity index (χ0v) is 17.7. The number of rotatable bonds is 7. The van der Waals surface area contributed by atoms with Crippen molar-refractivity contribution in [3.63, 3.8) is 0 Å². The van der Waals surface area contributed by atoms with E-state index in [1.165, 1.54) is 19.1 Å². The molecule has 0 aliphatic carbocycles. The lowest BCUT2D eigenvalue weighted by Gasteiger charge is -2.37. The van der Waals surface area contributed by atoms with Gasteiger partial charge in [-0.2, -0.15) is 0 Å². The SMILES string of the molecule is COc1ccc(F)cc1CN1CCN([C@H](C)C(=O)Nc2cccc(C(C)=O)c2)CC1. The number of carbonyl (C=O) groups excluding carboxylic acids is 2. The van der Waals surface area contributed by atoms with Crippen LogP contribution in [-0.2, 0) is 11.3 Å². The quantitative estimate of drug-likeness (QED) is 0.707. The molecule has 160 valence electrons. The van der Waals surface area contributed by atoms with Gasteiger partial charge in [0.2, 0.25) is 5.91 Å². The van der Waals surface area contributed by atoms with E-state index in [1.807, 2.05) is 6.92 Å². The number of carbonyl (C=O) groups is 2. The zero-order chi connectivity index (χ0) is 21.7. The Kier molecular flexibility index (Phi) is 7.18. The molecule has 1 heterocycles. The minimum atomic E-state index is -0.295. The minimum absolute atomic E-state index is 0.0369. The molecule has 1 atom stereocenters. The molecule has 0 radical (unpaired) electrons. The number of ketones is 1. The van der Waals surface area contributed by atoms with Gasteiger partial charge in [-0.1, -0.05) is 12.1 Å². The third-order valence-corrected chi connectivity index (χ3v) is 5.51. The Labute approximate surface area is 176 Å². The van der Waals surface area contributed by atoms with E-state index in [0.717, 1.165) is 31.7 Å². The van der Waals surface area contributed by atoms with Crippen molar-refractivity contribution in [1.29, 1.82) is 0 Å². The van der Waals surface area contributed by atoms with Gasteiger partial charge in [-0.25, -0.2) is 4.39 Å². The molecule has 2 aromatic carbocycles. The predicted octanol–water partition coefficient (Wildman–Crippen LogP) is 3.18. The summed E-state index contributed by atoms with van der Waals surface area (Å²) in [7, 11) is 1.58. The standard InChI is InChI=1S/C23H28FN3O3/c1-16(23(29)25-21-6-4-5-18(14-21)17(2)28)27-11-9-26(10-12-27)15-19-13-20(24)7-8-22(19)30-3/h4-8,13-14,16H,9-12,15H2,1-3H3,(H,25,29)/t16-/m1/s1. The topological polar surface area (TPSA) is 61.9 Å². The first kappa shape index (κ1) is 21.9. The van der Waals surface area contributed by atoms with E-state index in [0.29, 0.717) is 23.5 Å². The summed E-state index contributed by atoms with van der Waals surface area (Å²) in [6, 6.07) is 11.2. The molecule has 0 aromatic heterocycles.